The highest BCUT2D eigenvalue weighted by molar-refractivity contribution is 6.30. The average Bonchev–Trinajstić information content (AvgIpc) is 2.55. The van der Waals surface area contributed by atoms with Gasteiger partial charge in [0.05, 0.1) is 0 Å². The van der Waals surface area contributed by atoms with Crippen LogP contribution >= 0.6 is 11.6 Å². The lowest BCUT2D eigenvalue weighted by molar-refractivity contribution is -0.128. The molecule has 0 unspecified atom stereocenters. The van der Waals surface area contributed by atoms with E-state index in [2.05, 4.69) is 12.2 Å². The normalized spacial score (nSPS) is 11.8. The van der Waals surface area contributed by atoms with E-state index in [0.29, 0.717) is 18.0 Å². The Morgan fingerprint density at radius 1 is 1.13 bits per heavy atom. The SMILES string of the molecule is CC[C@H](Oc1ccc(C)c(C)c1)C(=O)NCc1ccc(Cl)cc1. The number of carbonyl (C=O) groups excluding carboxylic acids is 1. The van der Waals surface area contributed by atoms with Gasteiger partial charge >= 0.3 is 0 Å². The summed E-state index contributed by atoms with van der Waals surface area (Å²) in [7, 11) is 0. The van der Waals surface area contributed by atoms with Crippen LogP contribution in [-0.4, -0.2) is 12.0 Å². The van der Waals surface area contributed by atoms with Gasteiger partial charge in [0.15, 0.2) is 6.10 Å². The van der Waals surface area contributed by atoms with Gasteiger partial charge in [0.1, 0.15) is 5.75 Å². The highest BCUT2D eigenvalue weighted by Gasteiger charge is 2.18. The summed E-state index contributed by atoms with van der Waals surface area (Å²) in [6.45, 7) is 6.48. The minimum atomic E-state index is -0.496. The fraction of sp³-hybridized carbons (Fsp3) is 0.316. The van der Waals surface area contributed by atoms with Crippen LogP contribution in [0.5, 0.6) is 5.75 Å². The zero-order valence-corrected chi connectivity index (χ0v) is 14.5. The van der Waals surface area contributed by atoms with Gasteiger partial charge in [0.25, 0.3) is 5.91 Å². The van der Waals surface area contributed by atoms with Crippen LogP contribution in [0, 0.1) is 13.8 Å². The van der Waals surface area contributed by atoms with Gasteiger partial charge in [-0.05, 0) is 61.2 Å². The lowest BCUT2D eigenvalue weighted by Crippen LogP contribution is -2.37. The molecule has 0 spiro atoms. The van der Waals surface area contributed by atoms with Crippen molar-refractivity contribution < 1.29 is 9.53 Å². The minimum absolute atomic E-state index is 0.110. The number of carbonyl (C=O) groups is 1. The molecule has 0 fully saturated rings. The van der Waals surface area contributed by atoms with E-state index < -0.39 is 6.10 Å². The van der Waals surface area contributed by atoms with Crippen molar-refractivity contribution in [2.45, 2.75) is 39.8 Å². The Balaban J connectivity index is 1.95. The molecule has 0 radical (unpaired) electrons. The maximum Gasteiger partial charge on any atom is 0.261 e. The minimum Gasteiger partial charge on any atom is -0.481 e. The Labute approximate surface area is 142 Å². The van der Waals surface area contributed by atoms with Crippen molar-refractivity contribution in [3.8, 4) is 5.75 Å². The number of hydrogen-bond acceptors (Lipinski definition) is 2. The van der Waals surface area contributed by atoms with Crippen LogP contribution in [0.1, 0.15) is 30.0 Å². The molecule has 1 amide bonds. The average molecular weight is 332 g/mol. The second-order valence-electron chi connectivity index (χ2n) is 5.61. The van der Waals surface area contributed by atoms with Crippen LogP contribution in [-0.2, 0) is 11.3 Å². The third kappa shape index (κ3) is 5.00. The molecule has 0 aliphatic carbocycles. The summed E-state index contributed by atoms with van der Waals surface area (Å²) in [4.78, 5) is 12.3. The molecule has 2 aromatic rings. The first-order valence-corrected chi connectivity index (χ1v) is 8.13. The van der Waals surface area contributed by atoms with E-state index >= 15 is 0 Å². The smallest absolute Gasteiger partial charge is 0.261 e. The maximum absolute atomic E-state index is 12.3. The topological polar surface area (TPSA) is 38.3 Å². The maximum atomic E-state index is 12.3. The molecule has 0 heterocycles. The fourth-order valence-corrected chi connectivity index (χ4v) is 2.30. The molecule has 2 rings (SSSR count). The summed E-state index contributed by atoms with van der Waals surface area (Å²) in [5.41, 5.74) is 3.36. The van der Waals surface area contributed by atoms with Crippen molar-refractivity contribution in [3.05, 3.63) is 64.2 Å². The van der Waals surface area contributed by atoms with Gasteiger partial charge in [-0.2, -0.15) is 0 Å². The quantitative estimate of drug-likeness (QED) is 0.850. The molecule has 0 aliphatic rings. The Bertz CT molecular complexity index is 668. The lowest BCUT2D eigenvalue weighted by Gasteiger charge is -2.18. The van der Waals surface area contributed by atoms with Crippen molar-refractivity contribution >= 4 is 17.5 Å². The summed E-state index contributed by atoms with van der Waals surface area (Å²) < 4.78 is 5.84. The van der Waals surface area contributed by atoms with Crippen LogP contribution < -0.4 is 10.1 Å². The lowest BCUT2D eigenvalue weighted by atomic mass is 10.1. The monoisotopic (exact) mass is 331 g/mol. The van der Waals surface area contributed by atoms with Gasteiger partial charge in [-0.15, -0.1) is 0 Å². The zero-order chi connectivity index (χ0) is 16.8. The molecule has 0 saturated heterocycles. The Morgan fingerprint density at radius 3 is 2.43 bits per heavy atom. The van der Waals surface area contributed by atoms with E-state index in [1.165, 1.54) is 5.56 Å². The number of hydrogen-bond donors (Lipinski definition) is 1. The molecular formula is C19H22ClNO2. The summed E-state index contributed by atoms with van der Waals surface area (Å²) >= 11 is 5.85. The van der Waals surface area contributed by atoms with Gasteiger partial charge in [-0.1, -0.05) is 36.7 Å². The van der Waals surface area contributed by atoms with Crippen molar-refractivity contribution in [3.63, 3.8) is 0 Å². The van der Waals surface area contributed by atoms with Gasteiger partial charge in [0.2, 0.25) is 0 Å². The zero-order valence-electron chi connectivity index (χ0n) is 13.7. The molecule has 23 heavy (non-hydrogen) atoms. The van der Waals surface area contributed by atoms with Crippen molar-refractivity contribution in [1.82, 2.24) is 5.32 Å². The summed E-state index contributed by atoms with van der Waals surface area (Å²) in [5, 5.41) is 3.59. The fourth-order valence-electron chi connectivity index (χ4n) is 2.18. The van der Waals surface area contributed by atoms with Gasteiger partial charge in [0, 0.05) is 11.6 Å². The number of benzene rings is 2. The van der Waals surface area contributed by atoms with Crippen molar-refractivity contribution in [2.24, 2.45) is 0 Å². The largest absolute Gasteiger partial charge is 0.481 e. The summed E-state index contributed by atoms with van der Waals surface area (Å²) in [6, 6.07) is 13.3. The first-order valence-electron chi connectivity index (χ1n) is 7.75. The Morgan fingerprint density at radius 2 is 1.83 bits per heavy atom. The Kier molecular flexibility index (Phi) is 6.05. The molecule has 122 valence electrons. The van der Waals surface area contributed by atoms with Crippen molar-refractivity contribution in [2.75, 3.05) is 0 Å². The number of aryl methyl sites for hydroxylation is 2. The molecule has 0 aromatic heterocycles. The van der Waals surface area contributed by atoms with Crippen LogP contribution in [0.4, 0.5) is 0 Å². The van der Waals surface area contributed by atoms with Crippen molar-refractivity contribution in [1.29, 1.82) is 0 Å². The van der Waals surface area contributed by atoms with Crippen LogP contribution in [0.3, 0.4) is 0 Å². The number of amides is 1. The number of nitrogens with one attached hydrogen (secondary N) is 1. The highest BCUT2D eigenvalue weighted by Crippen LogP contribution is 2.18. The van der Waals surface area contributed by atoms with Crippen LogP contribution in [0.15, 0.2) is 42.5 Å². The Hall–Kier alpha value is -2.00. The number of halogens is 1. The van der Waals surface area contributed by atoms with Crippen LogP contribution in [0.2, 0.25) is 5.02 Å². The predicted molar refractivity (Wildman–Crippen MR) is 93.9 cm³/mol. The third-order valence-corrected chi connectivity index (χ3v) is 4.05. The predicted octanol–water partition coefficient (Wildman–Crippen LogP) is 4.43. The number of ether oxygens (including phenoxy) is 1. The molecular weight excluding hydrogens is 310 g/mol. The second kappa shape index (κ2) is 8.02. The molecule has 0 aliphatic heterocycles. The van der Waals surface area contributed by atoms with Gasteiger partial charge in [-0.25, -0.2) is 0 Å². The van der Waals surface area contributed by atoms with E-state index in [0.717, 1.165) is 16.9 Å². The van der Waals surface area contributed by atoms with E-state index in [1.54, 1.807) is 0 Å². The summed E-state index contributed by atoms with van der Waals surface area (Å²) in [5.74, 6) is 0.613. The molecule has 3 nitrogen and oxygen atoms in total. The van der Waals surface area contributed by atoms with E-state index in [9.17, 15) is 4.79 Å². The van der Waals surface area contributed by atoms with E-state index in [4.69, 9.17) is 16.3 Å². The molecule has 2 aromatic carbocycles. The van der Waals surface area contributed by atoms with E-state index in [1.807, 2.05) is 56.3 Å². The van der Waals surface area contributed by atoms with Gasteiger partial charge in [-0.3, -0.25) is 4.79 Å². The molecule has 4 heteroatoms. The third-order valence-electron chi connectivity index (χ3n) is 3.80. The molecule has 1 atom stereocenters. The second-order valence-corrected chi connectivity index (χ2v) is 6.04. The van der Waals surface area contributed by atoms with E-state index in [-0.39, 0.29) is 5.91 Å². The first kappa shape index (κ1) is 17.4. The molecule has 1 N–H and O–H groups in total. The summed E-state index contributed by atoms with van der Waals surface area (Å²) in [6.07, 6.45) is 0.115. The highest BCUT2D eigenvalue weighted by atomic mass is 35.5. The van der Waals surface area contributed by atoms with Gasteiger partial charge < -0.3 is 10.1 Å². The first-order chi connectivity index (χ1) is 11.0. The van der Waals surface area contributed by atoms with Crippen LogP contribution in [0.25, 0.3) is 0 Å². The molecule has 0 bridgehead atoms. The number of rotatable bonds is 6. The standard InChI is InChI=1S/C19H22ClNO2/c1-4-18(23-17-10-5-13(2)14(3)11-17)19(22)21-12-15-6-8-16(20)9-7-15/h5-11,18H,4,12H2,1-3H3,(H,21,22)/t18-/m0/s1. The molecule has 0 saturated carbocycles.